The van der Waals surface area contributed by atoms with Crippen molar-refractivity contribution >= 4 is 29.1 Å². The van der Waals surface area contributed by atoms with E-state index < -0.39 is 0 Å². The second-order valence-corrected chi connectivity index (χ2v) is 4.28. The van der Waals surface area contributed by atoms with E-state index in [4.69, 9.17) is 28.5 Å². The lowest BCUT2D eigenvalue weighted by Crippen LogP contribution is -2.25. The molecule has 1 rings (SSSR count). The Morgan fingerprint density at radius 3 is 2.53 bits per heavy atom. The third-order valence-corrected chi connectivity index (χ3v) is 2.82. The smallest absolute Gasteiger partial charge is 0.254 e. The molecule has 0 bridgehead atoms. The molecular weight excluding hydrogens is 259 g/mol. The van der Waals surface area contributed by atoms with E-state index in [9.17, 15) is 4.79 Å². The van der Waals surface area contributed by atoms with Crippen molar-refractivity contribution < 1.29 is 4.79 Å². The van der Waals surface area contributed by atoms with Crippen molar-refractivity contribution in [1.29, 1.82) is 5.26 Å². The molecule has 3 nitrogen and oxygen atoms in total. The number of nitrogens with zero attached hydrogens (tertiary/aromatic N) is 1. The molecule has 5 heteroatoms. The summed E-state index contributed by atoms with van der Waals surface area (Å²) in [6.07, 6.45) is 2.04. The van der Waals surface area contributed by atoms with Crippen LogP contribution in [0.3, 0.4) is 0 Å². The first kappa shape index (κ1) is 13.8. The number of benzene rings is 1. The second-order valence-electron chi connectivity index (χ2n) is 3.47. The van der Waals surface area contributed by atoms with Gasteiger partial charge < -0.3 is 5.32 Å². The van der Waals surface area contributed by atoms with E-state index in [-0.39, 0.29) is 5.91 Å². The number of carbonyl (C=O) groups excluding carboxylic acids is 1. The molecule has 0 heterocycles. The summed E-state index contributed by atoms with van der Waals surface area (Å²) in [4.78, 5) is 11.8. The SMILES string of the molecule is N#CCCCCNC(=O)c1c(Cl)cccc1Cl. The zero-order chi connectivity index (χ0) is 12.7. The Balaban J connectivity index is 2.51. The number of nitrogens with one attached hydrogen (secondary N) is 1. The van der Waals surface area contributed by atoms with Gasteiger partial charge in [0.25, 0.3) is 5.91 Å². The molecule has 0 atom stereocenters. The van der Waals surface area contributed by atoms with Crippen molar-refractivity contribution in [1.82, 2.24) is 5.32 Å². The molecular formula is C12H12Cl2N2O. The van der Waals surface area contributed by atoms with Gasteiger partial charge in [0.2, 0.25) is 0 Å². The summed E-state index contributed by atoms with van der Waals surface area (Å²) in [7, 11) is 0. The van der Waals surface area contributed by atoms with Gasteiger partial charge in [-0.05, 0) is 25.0 Å². The molecule has 1 aromatic carbocycles. The molecule has 0 aromatic heterocycles. The van der Waals surface area contributed by atoms with E-state index in [1.165, 1.54) is 0 Å². The lowest BCUT2D eigenvalue weighted by Gasteiger charge is -2.07. The molecule has 0 unspecified atom stereocenters. The van der Waals surface area contributed by atoms with Gasteiger partial charge in [0.05, 0.1) is 21.7 Å². The van der Waals surface area contributed by atoms with Crippen molar-refractivity contribution in [3.8, 4) is 6.07 Å². The van der Waals surface area contributed by atoms with Gasteiger partial charge in [-0.2, -0.15) is 5.26 Å². The lowest BCUT2D eigenvalue weighted by molar-refractivity contribution is 0.0953. The highest BCUT2D eigenvalue weighted by molar-refractivity contribution is 6.39. The quantitative estimate of drug-likeness (QED) is 0.834. The van der Waals surface area contributed by atoms with Crippen LogP contribution in [0.4, 0.5) is 0 Å². The third kappa shape index (κ3) is 4.26. The fourth-order valence-corrected chi connectivity index (χ4v) is 1.90. The van der Waals surface area contributed by atoms with Crippen LogP contribution in [0, 0.1) is 11.3 Å². The third-order valence-electron chi connectivity index (χ3n) is 2.19. The summed E-state index contributed by atoms with van der Waals surface area (Å²) in [5, 5.41) is 11.8. The van der Waals surface area contributed by atoms with Gasteiger partial charge in [0, 0.05) is 13.0 Å². The van der Waals surface area contributed by atoms with Gasteiger partial charge >= 0.3 is 0 Å². The van der Waals surface area contributed by atoms with Crippen molar-refractivity contribution in [2.45, 2.75) is 19.3 Å². The van der Waals surface area contributed by atoms with Crippen molar-refractivity contribution in [3.63, 3.8) is 0 Å². The summed E-state index contributed by atoms with van der Waals surface area (Å²) < 4.78 is 0. The Morgan fingerprint density at radius 2 is 1.94 bits per heavy atom. The number of unbranched alkanes of at least 4 members (excludes halogenated alkanes) is 2. The number of nitriles is 1. The highest BCUT2D eigenvalue weighted by Gasteiger charge is 2.13. The maximum absolute atomic E-state index is 11.8. The van der Waals surface area contributed by atoms with Crippen LogP contribution < -0.4 is 5.32 Å². The second kappa shape index (κ2) is 7.16. The normalized spacial score (nSPS) is 9.71. The van der Waals surface area contributed by atoms with E-state index in [1.54, 1.807) is 18.2 Å². The average molecular weight is 271 g/mol. The highest BCUT2D eigenvalue weighted by atomic mass is 35.5. The van der Waals surface area contributed by atoms with Gasteiger partial charge in [-0.3, -0.25) is 4.79 Å². The van der Waals surface area contributed by atoms with E-state index in [2.05, 4.69) is 11.4 Å². The van der Waals surface area contributed by atoms with Crippen molar-refractivity contribution in [3.05, 3.63) is 33.8 Å². The minimum Gasteiger partial charge on any atom is -0.352 e. The number of amides is 1. The van der Waals surface area contributed by atoms with Crippen LogP contribution in [-0.4, -0.2) is 12.5 Å². The summed E-state index contributed by atoms with van der Waals surface area (Å²) in [6, 6.07) is 6.99. The molecule has 0 fully saturated rings. The van der Waals surface area contributed by atoms with E-state index in [0.29, 0.717) is 28.6 Å². The Hall–Kier alpha value is -1.24. The zero-order valence-corrected chi connectivity index (χ0v) is 10.7. The van der Waals surface area contributed by atoms with Gasteiger partial charge in [-0.25, -0.2) is 0 Å². The first-order valence-electron chi connectivity index (χ1n) is 5.26. The summed E-state index contributed by atoms with van der Waals surface area (Å²) in [5.74, 6) is -0.280. The molecule has 1 amide bonds. The maximum atomic E-state index is 11.8. The molecule has 17 heavy (non-hydrogen) atoms. The fraction of sp³-hybridized carbons (Fsp3) is 0.333. The van der Waals surface area contributed by atoms with Crippen LogP contribution in [-0.2, 0) is 0 Å². The first-order valence-corrected chi connectivity index (χ1v) is 6.01. The predicted molar refractivity (Wildman–Crippen MR) is 68.3 cm³/mol. The highest BCUT2D eigenvalue weighted by Crippen LogP contribution is 2.23. The maximum Gasteiger partial charge on any atom is 0.254 e. The number of carbonyl (C=O) groups is 1. The minimum atomic E-state index is -0.280. The van der Waals surface area contributed by atoms with Crippen LogP contribution >= 0.6 is 23.2 Å². The van der Waals surface area contributed by atoms with Crippen LogP contribution in [0.25, 0.3) is 0 Å². The predicted octanol–water partition coefficient (Wildman–Crippen LogP) is 3.42. The molecule has 0 aliphatic carbocycles. The van der Waals surface area contributed by atoms with E-state index in [0.717, 1.165) is 12.8 Å². The summed E-state index contributed by atoms with van der Waals surface area (Å²) >= 11 is 11.8. The molecule has 0 spiro atoms. The number of halogens is 2. The zero-order valence-electron chi connectivity index (χ0n) is 9.17. The molecule has 1 N–H and O–H groups in total. The van der Waals surface area contributed by atoms with Gasteiger partial charge in [0.15, 0.2) is 0 Å². The van der Waals surface area contributed by atoms with Crippen LogP contribution in [0.5, 0.6) is 0 Å². The van der Waals surface area contributed by atoms with Gasteiger partial charge in [-0.1, -0.05) is 29.3 Å². The number of hydrogen-bond donors (Lipinski definition) is 1. The largest absolute Gasteiger partial charge is 0.352 e. The summed E-state index contributed by atoms with van der Waals surface area (Å²) in [6.45, 7) is 0.516. The average Bonchev–Trinajstić information content (AvgIpc) is 2.28. The molecule has 0 radical (unpaired) electrons. The molecule has 0 aliphatic rings. The van der Waals surface area contributed by atoms with Gasteiger partial charge in [0.1, 0.15) is 0 Å². The fourth-order valence-electron chi connectivity index (χ4n) is 1.33. The summed E-state index contributed by atoms with van der Waals surface area (Å²) in [5.41, 5.74) is 0.302. The minimum absolute atomic E-state index is 0.280. The molecule has 0 saturated heterocycles. The number of rotatable bonds is 5. The molecule has 90 valence electrons. The number of hydrogen-bond acceptors (Lipinski definition) is 2. The Labute approximate surface area is 110 Å². The molecule has 0 saturated carbocycles. The van der Waals surface area contributed by atoms with Crippen molar-refractivity contribution in [2.75, 3.05) is 6.54 Å². The van der Waals surface area contributed by atoms with Crippen molar-refractivity contribution in [2.24, 2.45) is 0 Å². The monoisotopic (exact) mass is 270 g/mol. The van der Waals surface area contributed by atoms with Crippen LogP contribution in [0.1, 0.15) is 29.6 Å². The van der Waals surface area contributed by atoms with Crippen LogP contribution in [0.15, 0.2) is 18.2 Å². The Morgan fingerprint density at radius 1 is 1.29 bits per heavy atom. The first-order chi connectivity index (χ1) is 8.16. The Kier molecular flexibility index (Phi) is 5.82. The standard InChI is InChI=1S/C12H12Cl2N2O/c13-9-5-4-6-10(14)11(9)12(17)16-8-3-1-2-7-15/h4-6H,1-3,8H2,(H,16,17). The lowest BCUT2D eigenvalue weighted by atomic mass is 10.2. The van der Waals surface area contributed by atoms with Gasteiger partial charge in [-0.15, -0.1) is 0 Å². The molecule has 1 aromatic rings. The molecule has 0 aliphatic heterocycles. The van der Waals surface area contributed by atoms with Crippen LogP contribution in [0.2, 0.25) is 10.0 Å². The van der Waals surface area contributed by atoms with E-state index >= 15 is 0 Å². The topological polar surface area (TPSA) is 52.9 Å². The Bertz CT molecular complexity index is 420. The van der Waals surface area contributed by atoms with E-state index in [1.807, 2.05) is 0 Å².